The molecule has 0 radical (unpaired) electrons. The summed E-state index contributed by atoms with van der Waals surface area (Å²) < 4.78 is 0. The van der Waals surface area contributed by atoms with Crippen molar-refractivity contribution < 1.29 is 10.2 Å². The number of hydrogen-bond acceptors (Lipinski definition) is 2. The molecule has 2 N–H and O–H groups in total. The van der Waals surface area contributed by atoms with Gasteiger partial charge < -0.3 is 10.2 Å². The van der Waals surface area contributed by atoms with E-state index in [1.54, 1.807) is 18.2 Å². The summed E-state index contributed by atoms with van der Waals surface area (Å²) in [6.07, 6.45) is 6.33. The Morgan fingerprint density at radius 2 is 1.75 bits per heavy atom. The van der Waals surface area contributed by atoms with E-state index < -0.39 is 5.60 Å². The molecule has 1 aliphatic rings. The Hall–Kier alpha value is -2.32. The van der Waals surface area contributed by atoms with Crippen LogP contribution in [0.2, 0.25) is 0 Å². The number of phenols is 1. The molecule has 1 aliphatic carbocycles. The quantitative estimate of drug-likeness (QED) is 0.869. The first-order valence-corrected chi connectivity index (χ1v) is 6.65. The number of hydrogen-bond donors (Lipinski definition) is 2. The molecule has 2 aromatic carbocycles. The lowest BCUT2D eigenvalue weighted by atomic mass is 9.77. The van der Waals surface area contributed by atoms with Gasteiger partial charge in [-0.2, -0.15) is 0 Å². The largest absolute Gasteiger partial charge is 0.508 e. The average molecular weight is 264 g/mol. The van der Waals surface area contributed by atoms with Crippen LogP contribution in [0.4, 0.5) is 0 Å². The topological polar surface area (TPSA) is 40.5 Å². The molecule has 100 valence electrons. The van der Waals surface area contributed by atoms with Crippen LogP contribution in [0.3, 0.4) is 0 Å². The molecule has 2 nitrogen and oxygen atoms in total. The van der Waals surface area contributed by atoms with Crippen LogP contribution < -0.4 is 0 Å². The van der Waals surface area contributed by atoms with Gasteiger partial charge >= 0.3 is 0 Å². The number of aliphatic hydroxyl groups is 1. The molecule has 3 rings (SSSR count). The van der Waals surface area contributed by atoms with Crippen LogP contribution in [0.1, 0.15) is 17.5 Å². The third kappa shape index (κ3) is 2.15. The molecule has 0 heterocycles. The monoisotopic (exact) mass is 264 g/mol. The molecule has 0 aliphatic heterocycles. The second kappa shape index (κ2) is 4.99. The maximum atomic E-state index is 11.1. The molecule has 0 fully saturated rings. The van der Waals surface area contributed by atoms with E-state index in [2.05, 4.69) is 0 Å². The van der Waals surface area contributed by atoms with E-state index in [1.807, 2.05) is 54.6 Å². The Labute approximate surface area is 118 Å². The minimum atomic E-state index is -1.05. The molecule has 2 heteroatoms. The van der Waals surface area contributed by atoms with Crippen molar-refractivity contribution in [1.29, 1.82) is 0 Å². The van der Waals surface area contributed by atoms with Crippen LogP contribution in [0.15, 0.2) is 72.8 Å². The van der Waals surface area contributed by atoms with Crippen molar-refractivity contribution in [3.8, 4) is 5.75 Å². The van der Waals surface area contributed by atoms with E-state index in [-0.39, 0.29) is 5.75 Å². The molecule has 0 saturated carbocycles. The summed E-state index contributed by atoms with van der Waals surface area (Å²) >= 11 is 0. The van der Waals surface area contributed by atoms with Crippen molar-refractivity contribution >= 4 is 5.57 Å². The molecule has 0 amide bonds. The Bertz CT molecular complexity index is 671. The summed E-state index contributed by atoms with van der Waals surface area (Å²) in [5.41, 5.74) is 1.45. The van der Waals surface area contributed by atoms with Gasteiger partial charge in [0.2, 0.25) is 0 Å². The van der Waals surface area contributed by atoms with Crippen LogP contribution in [-0.4, -0.2) is 10.2 Å². The number of rotatable bonds is 2. The second-order valence-electron chi connectivity index (χ2n) is 4.99. The molecule has 0 bridgehead atoms. The van der Waals surface area contributed by atoms with E-state index in [1.165, 1.54) is 0 Å². The summed E-state index contributed by atoms with van der Waals surface area (Å²) in [5.74, 6) is 0.202. The summed E-state index contributed by atoms with van der Waals surface area (Å²) in [5, 5.41) is 20.8. The number of phenolic OH excluding ortho intramolecular Hbond substituents is 1. The zero-order chi connectivity index (χ0) is 14.0. The van der Waals surface area contributed by atoms with Crippen LogP contribution in [0.25, 0.3) is 5.57 Å². The lowest BCUT2D eigenvalue weighted by Crippen LogP contribution is -2.28. The van der Waals surface area contributed by atoms with Crippen molar-refractivity contribution in [3.05, 3.63) is 84.0 Å². The SMILES string of the molecule is Oc1cccc(C2=CC=CCC2(O)c2ccccc2)c1. The van der Waals surface area contributed by atoms with Crippen LogP contribution in [-0.2, 0) is 5.60 Å². The van der Waals surface area contributed by atoms with E-state index in [0.29, 0.717) is 6.42 Å². The Morgan fingerprint density at radius 3 is 2.50 bits per heavy atom. The lowest BCUT2D eigenvalue weighted by Gasteiger charge is -2.32. The predicted molar refractivity (Wildman–Crippen MR) is 80.2 cm³/mol. The summed E-state index contributed by atoms with van der Waals surface area (Å²) in [6, 6.07) is 16.6. The highest BCUT2D eigenvalue weighted by molar-refractivity contribution is 5.77. The van der Waals surface area contributed by atoms with E-state index >= 15 is 0 Å². The minimum Gasteiger partial charge on any atom is -0.508 e. The van der Waals surface area contributed by atoms with Gasteiger partial charge in [0.05, 0.1) is 0 Å². The van der Waals surface area contributed by atoms with Gasteiger partial charge in [0.15, 0.2) is 0 Å². The average Bonchev–Trinajstić information content (AvgIpc) is 2.48. The first-order valence-electron chi connectivity index (χ1n) is 6.65. The molecule has 1 atom stereocenters. The summed E-state index contributed by atoms with van der Waals surface area (Å²) in [6.45, 7) is 0. The Kier molecular flexibility index (Phi) is 3.17. The number of allylic oxidation sites excluding steroid dienone is 2. The van der Waals surface area contributed by atoms with Gasteiger partial charge in [-0.25, -0.2) is 0 Å². The molecule has 20 heavy (non-hydrogen) atoms. The van der Waals surface area contributed by atoms with Crippen LogP contribution in [0, 0.1) is 0 Å². The standard InChI is InChI=1S/C18H16O2/c19-16-10-6-7-14(13-16)17-11-4-5-12-18(17,20)15-8-2-1-3-9-15/h1-11,13,19-20H,12H2. The maximum Gasteiger partial charge on any atom is 0.119 e. The van der Waals surface area contributed by atoms with Gasteiger partial charge in [0.25, 0.3) is 0 Å². The zero-order valence-corrected chi connectivity index (χ0v) is 11.0. The highest BCUT2D eigenvalue weighted by atomic mass is 16.3. The Balaban J connectivity index is 2.12. The number of benzene rings is 2. The molecule has 2 aromatic rings. The molecular weight excluding hydrogens is 248 g/mol. The summed E-state index contributed by atoms with van der Waals surface area (Å²) in [4.78, 5) is 0. The highest BCUT2D eigenvalue weighted by Crippen LogP contribution is 2.41. The molecular formula is C18H16O2. The fraction of sp³-hybridized carbons (Fsp3) is 0.111. The maximum absolute atomic E-state index is 11.1. The summed E-state index contributed by atoms with van der Waals surface area (Å²) in [7, 11) is 0. The number of aromatic hydroxyl groups is 1. The van der Waals surface area contributed by atoms with E-state index in [9.17, 15) is 10.2 Å². The van der Waals surface area contributed by atoms with Crippen molar-refractivity contribution in [2.75, 3.05) is 0 Å². The van der Waals surface area contributed by atoms with Crippen molar-refractivity contribution in [2.24, 2.45) is 0 Å². The van der Waals surface area contributed by atoms with Crippen molar-refractivity contribution in [2.45, 2.75) is 12.0 Å². The van der Waals surface area contributed by atoms with Gasteiger partial charge in [-0.3, -0.25) is 0 Å². The molecule has 1 unspecified atom stereocenters. The van der Waals surface area contributed by atoms with Gasteiger partial charge in [0, 0.05) is 6.42 Å². The van der Waals surface area contributed by atoms with Crippen LogP contribution >= 0.6 is 0 Å². The fourth-order valence-electron chi connectivity index (χ4n) is 2.65. The molecule has 0 saturated heterocycles. The lowest BCUT2D eigenvalue weighted by molar-refractivity contribution is 0.103. The minimum absolute atomic E-state index is 0.202. The molecule has 0 aromatic heterocycles. The van der Waals surface area contributed by atoms with Gasteiger partial charge in [-0.05, 0) is 28.8 Å². The highest BCUT2D eigenvalue weighted by Gasteiger charge is 2.34. The van der Waals surface area contributed by atoms with Crippen molar-refractivity contribution in [3.63, 3.8) is 0 Å². The van der Waals surface area contributed by atoms with Gasteiger partial charge in [-0.1, -0.05) is 60.7 Å². The van der Waals surface area contributed by atoms with Crippen molar-refractivity contribution in [1.82, 2.24) is 0 Å². The third-order valence-electron chi connectivity index (χ3n) is 3.67. The normalized spacial score (nSPS) is 21.6. The smallest absolute Gasteiger partial charge is 0.119 e. The second-order valence-corrected chi connectivity index (χ2v) is 4.99. The third-order valence-corrected chi connectivity index (χ3v) is 3.67. The molecule has 0 spiro atoms. The van der Waals surface area contributed by atoms with E-state index in [0.717, 1.165) is 16.7 Å². The van der Waals surface area contributed by atoms with Crippen LogP contribution in [0.5, 0.6) is 5.75 Å². The first kappa shape index (κ1) is 12.7. The first-order chi connectivity index (χ1) is 9.70. The van der Waals surface area contributed by atoms with Gasteiger partial charge in [-0.15, -0.1) is 0 Å². The van der Waals surface area contributed by atoms with Gasteiger partial charge in [0.1, 0.15) is 11.4 Å². The fourth-order valence-corrected chi connectivity index (χ4v) is 2.65. The predicted octanol–water partition coefficient (Wildman–Crippen LogP) is 3.62. The Morgan fingerprint density at radius 1 is 0.950 bits per heavy atom. The van der Waals surface area contributed by atoms with E-state index in [4.69, 9.17) is 0 Å². The zero-order valence-electron chi connectivity index (χ0n) is 11.0.